The lowest BCUT2D eigenvalue weighted by molar-refractivity contribution is 0.0583. The van der Waals surface area contributed by atoms with Crippen molar-refractivity contribution in [3.8, 4) is 0 Å². The average molecular weight is 317 g/mol. The van der Waals surface area contributed by atoms with E-state index in [1.807, 2.05) is 0 Å². The summed E-state index contributed by atoms with van der Waals surface area (Å²) in [5, 5.41) is 0. The summed E-state index contributed by atoms with van der Waals surface area (Å²) < 4.78 is 18.4. The predicted molar refractivity (Wildman–Crippen MR) is 90.5 cm³/mol. The van der Waals surface area contributed by atoms with Gasteiger partial charge in [0.2, 0.25) is 0 Å². The Labute approximate surface area is 133 Å². The van der Waals surface area contributed by atoms with Crippen LogP contribution in [0.1, 0.15) is 78.6 Å². The van der Waals surface area contributed by atoms with Crippen molar-refractivity contribution < 1.29 is 13.3 Å². The molecule has 0 aromatic carbocycles. The fraction of sp³-hybridized carbons (Fsp3) is 1.00. The Kier molecular flexibility index (Phi) is 10.6. The molecular weight excluding hydrogens is 280 g/mol. The molecule has 0 aliphatic heterocycles. The lowest BCUT2D eigenvalue weighted by Crippen LogP contribution is -2.46. The van der Waals surface area contributed by atoms with Crippen LogP contribution in [0.5, 0.6) is 0 Å². The molecule has 0 amide bonds. The molecule has 126 valence electrons. The summed E-state index contributed by atoms with van der Waals surface area (Å²) in [6, 6.07) is 1.00. The molecule has 1 aliphatic rings. The van der Waals surface area contributed by atoms with Crippen molar-refractivity contribution in [2.75, 3.05) is 19.8 Å². The molecular formula is C17H36O3Si. The topological polar surface area (TPSA) is 27.7 Å². The van der Waals surface area contributed by atoms with Crippen molar-refractivity contribution >= 4 is 8.80 Å². The van der Waals surface area contributed by atoms with Gasteiger partial charge in [0.05, 0.1) is 0 Å². The molecule has 0 N–H and O–H groups in total. The second kappa shape index (κ2) is 11.6. The van der Waals surface area contributed by atoms with E-state index in [-0.39, 0.29) is 0 Å². The summed E-state index contributed by atoms with van der Waals surface area (Å²) in [5.74, 6) is 0.945. The van der Waals surface area contributed by atoms with Crippen LogP contribution in [-0.2, 0) is 13.3 Å². The van der Waals surface area contributed by atoms with Crippen LogP contribution in [0.3, 0.4) is 0 Å². The number of rotatable bonds is 13. The highest BCUT2D eigenvalue weighted by Gasteiger charge is 2.40. The van der Waals surface area contributed by atoms with Gasteiger partial charge in [-0.15, -0.1) is 0 Å². The molecule has 0 heterocycles. The third-order valence-electron chi connectivity index (χ3n) is 4.15. The van der Waals surface area contributed by atoms with E-state index in [9.17, 15) is 0 Å². The Morgan fingerprint density at radius 3 is 1.71 bits per heavy atom. The first-order valence-corrected chi connectivity index (χ1v) is 11.1. The molecule has 0 radical (unpaired) electrons. The summed E-state index contributed by atoms with van der Waals surface area (Å²) in [7, 11) is -2.43. The fourth-order valence-corrected chi connectivity index (χ4v) is 5.89. The van der Waals surface area contributed by atoms with Gasteiger partial charge in [-0.25, -0.2) is 0 Å². The highest BCUT2D eigenvalue weighted by Crippen LogP contribution is 2.31. The quantitative estimate of drug-likeness (QED) is 0.438. The van der Waals surface area contributed by atoms with Crippen LogP contribution >= 0.6 is 0 Å². The highest BCUT2D eigenvalue weighted by atomic mass is 28.4. The van der Waals surface area contributed by atoms with E-state index in [4.69, 9.17) is 13.3 Å². The van der Waals surface area contributed by atoms with Crippen molar-refractivity contribution in [2.45, 2.75) is 84.6 Å². The van der Waals surface area contributed by atoms with Crippen LogP contribution in [0.4, 0.5) is 0 Å². The van der Waals surface area contributed by atoms with Crippen LogP contribution < -0.4 is 0 Å². The first kappa shape index (κ1) is 19.1. The normalized spacial score (nSPS) is 16.7. The first-order valence-electron chi connectivity index (χ1n) is 9.18. The maximum Gasteiger partial charge on any atom is 0.500 e. The van der Waals surface area contributed by atoms with Gasteiger partial charge in [-0.05, 0) is 31.6 Å². The van der Waals surface area contributed by atoms with Crippen molar-refractivity contribution in [1.82, 2.24) is 0 Å². The Morgan fingerprint density at radius 1 is 0.810 bits per heavy atom. The maximum absolute atomic E-state index is 6.14. The molecule has 0 bridgehead atoms. The Bertz CT molecular complexity index is 220. The van der Waals surface area contributed by atoms with Gasteiger partial charge in [-0.1, -0.05) is 52.9 Å². The van der Waals surface area contributed by atoms with Crippen LogP contribution in [0.25, 0.3) is 0 Å². The molecule has 0 unspecified atom stereocenters. The Balaban J connectivity index is 2.47. The summed E-state index contributed by atoms with van der Waals surface area (Å²) in [5.41, 5.74) is 0. The second-order valence-electron chi connectivity index (χ2n) is 6.27. The van der Waals surface area contributed by atoms with Gasteiger partial charge in [0, 0.05) is 25.9 Å². The molecule has 1 fully saturated rings. The van der Waals surface area contributed by atoms with Crippen molar-refractivity contribution in [3.63, 3.8) is 0 Å². The molecule has 0 aromatic heterocycles. The lowest BCUT2D eigenvalue weighted by atomic mass is 10.0. The van der Waals surface area contributed by atoms with E-state index < -0.39 is 8.80 Å². The second-order valence-corrected chi connectivity index (χ2v) is 9.00. The van der Waals surface area contributed by atoms with E-state index in [0.717, 1.165) is 51.0 Å². The van der Waals surface area contributed by atoms with Gasteiger partial charge in [0.25, 0.3) is 0 Å². The Hall–Kier alpha value is 0.0969. The van der Waals surface area contributed by atoms with Gasteiger partial charge in [-0.2, -0.15) is 0 Å². The van der Waals surface area contributed by atoms with Gasteiger partial charge >= 0.3 is 8.80 Å². The van der Waals surface area contributed by atoms with Crippen molar-refractivity contribution in [1.29, 1.82) is 0 Å². The molecule has 0 saturated heterocycles. The highest BCUT2D eigenvalue weighted by molar-refractivity contribution is 6.60. The summed E-state index contributed by atoms with van der Waals surface area (Å²) in [6.45, 7) is 8.75. The summed E-state index contributed by atoms with van der Waals surface area (Å²) >= 11 is 0. The molecule has 0 atom stereocenters. The van der Waals surface area contributed by atoms with Crippen LogP contribution in [0.2, 0.25) is 6.04 Å². The van der Waals surface area contributed by atoms with Crippen molar-refractivity contribution in [3.05, 3.63) is 0 Å². The SMILES string of the molecule is CCCO[Si](CCCC1CCCC1)(OCCC)OCCC. The first-order chi connectivity index (χ1) is 10.3. The minimum atomic E-state index is -2.43. The zero-order valence-corrected chi connectivity index (χ0v) is 15.5. The monoisotopic (exact) mass is 316 g/mol. The molecule has 21 heavy (non-hydrogen) atoms. The number of hydrogen-bond donors (Lipinski definition) is 0. The Morgan fingerprint density at radius 2 is 1.29 bits per heavy atom. The predicted octanol–water partition coefficient (Wildman–Crippen LogP) is 5.18. The van der Waals surface area contributed by atoms with E-state index in [0.29, 0.717) is 0 Å². The van der Waals surface area contributed by atoms with E-state index in [2.05, 4.69) is 20.8 Å². The molecule has 3 nitrogen and oxygen atoms in total. The lowest BCUT2D eigenvalue weighted by Gasteiger charge is -2.30. The van der Waals surface area contributed by atoms with Gasteiger partial charge in [0.1, 0.15) is 0 Å². The molecule has 4 heteroatoms. The van der Waals surface area contributed by atoms with Crippen molar-refractivity contribution in [2.24, 2.45) is 5.92 Å². The summed E-state index contributed by atoms with van der Waals surface area (Å²) in [4.78, 5) is 0. The van der Waals surface area contributed by atoms with Crippen LogP contribution in [0, 0.1) is 5.92 Å². The molecule has 1 saturated carbocycles. The maximum atomic E-state index is 6.14. The van der Waals surface area contributed by atoms with E-state index in [1.165, 1.54) is 38.5 Å². The standard InChI is InChI=1S/C17H36O3Si/c1-4-13-18-21(19-14-5-2,20-15-6-3)16-9-12-17-10-7-8-11-17/h17H,4-16H2,1-3H3. The third-order valence-corrected chi connectivity index (χ3v) is 7.05. The molecule has 1 aliphatic carbocycles. The minimum Gasteiger partial charge on any atom is -0.373 e. The summed E-state index contributed by atoms with van der Waals surface area (Å²) in [6.07, 6.45) is 11.3. The number of hydrogen-bond acceptors (Lipinski definition) is 3. The molecule has 0 aromatic rings. The smallest absolute Gasteiger partial charge is 0.373 e. The van der Waals surface area contributed by atoms with Gasteiger partial charge in [0.15, 0.2) is 0 Å². The zero-order chi connectivity index (χ0) is 15.4. The average Bonchev–Trinajstić information content (AvgIpc) is 3.01. The zero-order valence-electron chi connectivity index (χ0n) is 14.5. The van der Waals surface area contributed by atoms with Crippen LogP contribution in [0.15, 0.2) is 0 Å². The van der Waals surface area contributed by atoms with Crippen LogP contribution in [-0.4, -0.2) is 28.6 Å². The van der Waals surface area contributed by atoms with Gasteiger partial charge in [-0.3, -0.25) is 0 Å². The minimum absolute atomic E-state index is 0.767. The molecule has 1 rings (SSSR count). The molecule has 0 spiro atoms. The van der Waals surface area contributed by atoms with Gasteiger partial charge < -0.3 is 13.3 Å². The van der Waals surface area contributed by atoms with E-state index in [1.54, 1.807) is 0 Å². The third kappa shape index (κ3) is 7.77. The fourth-order valence-electron chi connectivity index (χ4n) is 3.02. The van der Waals surface area contributed by atoms with E-state index >= 15 is 0 Å². The largest absolute Gasteiger partial charge is 0.500 e.